The van der Waals surface area contributed by atoms with Crippen molar-refractivity contribution in [3.63, 3.8) is 0 Å². The summed E-state index contributed by atoms with van der Waals surface area (Å²) in [5.41, 5.74) is 3.83. The molecule has 3 aliphatic carbocycles. The van der Waals surface area contributed by atoms with Gasteiger partial charge in [0.25, 0.3) is 0 Å². The summed E-state index contributed by atoms with van der Waals surface area (Å²) in [4.78, 5) is 0. The first-order chi connectivity index (χ1) is 14.5. The molecule has 31 heavy (non-hydrogen) atoms. The second-order valence-corrected chi connectivity index (χ2v) is 12.5. The van der Waals surface area contributed by atoms with Crippen molar-refractivity contribution in [3.8, 4) is 0 Å². The minimum Gasteiger partial charge on any atom is -0.393 e. The van der Waals surface area contributed by atoms with E-state index in [9.17, 15) is 5.11 Å². The third-order valence-electron chi connectivity index (χ3n) is 9.61. The van der Waals surface area contributed by atoms with Crippen molar-refractivity contribution in [2.45, 2.75) is 112 Å². The molecule has 0 heterocycles. The molecule has 0 spiro atoms. The molecule has 0 radical (unpaired) electrons. The Labute approximate surface area is 193 Å². The number of hydrogen-bond acceptors (Lipinski definition) is 1. The average Bonchev–Trinajstić information content (AvgIpc) is 2.71. The second kappa shape index (κ2) is 9.98. The standard InChI is InChI=1S/C30H50O/c1-21(2)22(3)13-14-23(4)27-11-8-12-28-24(10-9-18-30(27,28)7)15-16-25-20-26(31)17-19-29(25,5)6/h13-16,21-23,26-28,31H,8-12,17-20H2,1-7H3. The highest BCUT2D eigenvalue weighted by Gasteiger charge is 2.48. The molecule has 6 atom stereocenters. The Morgan fingerprint density at radius 2 is 1.65 bits per heavy atom. The molecular weight excluding hydrogens is 376 g/mol. The van der Waals surface area contributed by atoms with Crippen molar-refractivity contribution in [3.05, 3.63) is 35.5 Å². The molecule has 0 aromatic heterocycles. The highest BCUT2D eigenvalue weighted by molar-refractivity contribution is 5.28. The van der Waals surface area contributed by atoms with E-state index in [-0.39, 0.29) is 11.5 Å². The SMILES string of the molecule is CC(C)C(C)C=CC(C)C1CCCC2C(=CC=C3CC(O)CCC3(C)C)CCCC21C. The van der Waals surface area contributed by atoms with E-state index in [1.807, 2.05) is 0 Å². The fraction of sp³-hybridized carbons (Fsp3) is 0.800. The van der Waals surface area contributed by atoms with E-state index in [1.165, 1.54) is 44.1 Å². The highest BCUT2D eigenvalue weighted by atomic mass is 16.3. The smallest absolute Gasteiger partial charge is 0.0578 e. The van der Waals surface area contributed by atoms with E-state index in [0.717, 1.165) is 37.0 Å². The first kappa shape index (κ1) is 24.8. The zero-order valence-corrected chi connectivity index (χ0v) is 21.6. The first-order valence-corrected chi connectivity index (χ1v) is 13.3. The van der Waals surface area contributed by atoms with Gasteiger partial charge in [0.05, 0.1) is 6.10 Å². The summed E-state index contributed by atoms with van der Waals surface area (Å²) < 4.78 is 0. The molecule has 1 heteroatoms. The quantitative estimate of drug-likeness (QED) is 0.437. The Bertz CT molecular complexity index is 693. The van der Waals surface area contributed by atoms with Crippen LogP contribution in [0.5, 0.6) is 0 Å². The Balaban J connectivity index is 1.81. The topological polar surface area (TPSA) is 20.2 Å². The van der Waals surface area contributed by atoms with Gasteiger partial charge in [0.15, 0.2) is 0 Å². The van der Waals surface area contributed by atoms with Gasteiger partial charge in [0, 0.05) is 0 Å². The largest absolute Gasteiger partial charge is 0.393 e. The van der Waals surface area contributed by atoms with Crippen LogP contribution in [-0.2, 0) is 0 Å². The van der Waals surface area contributed by atoms with Gasteiger partial charge in [-0.15, -0.1) is 0 Å². The lowest BCUT2D eigenvalue weighted by Gasteiger charge is -2.53. The molecular formula is C30H50O. The van der Waals surface area contributed by atoms with Crippen LogP contribution >= 0.6 is 0 Å². The monoisotopic (exact) mass is 426 g/mol. The van der Waals surface area contributed by atoms with Crippen molar-refractivity contribution < 1.29 is 5.11 Å². The van der Waals surface area contributed by atoms with Crippen molar-refractivity contribution in [1.29, 1.82) is 0 Å². The van der Waals surface area contributed by atoms with Crippen LogP contribution in [0.1, 0.15) is 106 Å². The van der Waals surface area contributed by atoms with Crippen LogP contribution in [-0.4, -0.2) is 11.2 Å². The molecule has 0 amide bonds. The van der Waals surface area contributed by atoms with E-state index >= 15 is 0 Å². The van der Waals surface area contributed by atoms with E-state index in [2.05, 4.69) is 72.8 Å². The van der Waals surface area contributed by atoms with Crippen molar-refractivity contribution in [2.24, 2.45) is 40.4 Å². The molecule has 6 unspecified atom stereocenters. The van der Waals surface area contributed by atoms with Gasteiger partial charge < -0.3 is 5.11 Å². The van der Waals surface area contributed by atoms with Crippen LogP contribution in [0, 0.1) is 40.4 Å². The van der Waals surface area contributed by atoms with Crippen molar-refractivity contribution in [2.75, 3.05) is 0 Å². The summed E-state index contributed by atoms with van der Waals surface area (Å²) in [6, 6.07) is 0. The van der Waals surface area contributed by atoms with Gasteiger partial charge in [-0.1, -0.05) is 90.3 Å². The summed E-state index contributed by atoms with van der Waals surface area (Å²) in [5, 5.41) is 10.2. The van der Waals surface area contributed by atoms with Crippen LogP contribution in [0.25, 0.3) is 0 Å². The minimum absolute atomic E-state index is 0.144. The summed E-state index contributed by atoms with van der Waals surface area (Å²) in [6.07, 6.45) is 20.9. The molecule has 1 N–H and O–H groups in total. The van der Waals surface area contributed by atoms with Crippen LogP contribution in [0.3, 0.4) is 0 Å². The molecule has 3 saturated carbocycles. The Morgan fingerprint density at radius 3 is 2.35 bits per heavy atom. The zero-order chi connectivity index (χ0) is 22.8. The number of aliphatic hydroxyl groups is 1. The maximum atomic E-state index is 10.2. The Kier molecular flexibility index (Phi) is 7.99. The minimum atomic E-state index is -0.144. The van der Waals surface area contributed by atoms with Gasteiger partial charge >= 0.3 is 0 Å². The summed E-state index contributed by atoms with van der Waals surface area (Å²) in [7, 11) is 0. The molecule has 1 nitrogen and oxygen atoms in total. The first-order valence-electron chi connectivity index (χ1n) is 13.3. The van der Waals surface area contributed by atoms with Gasteiger partial charge in [0.1, 0.15) is 0 Å². The Morgan fingerprint density at radius 1 is 0.903 bits per heavy atom. The maximum absolute atomic E-state index is 10.2. The third-order valence-corrected chi connectivity index (χ3v) is 9.61. The Hall–Kier alpha value is -0.820. The van der Waals surface area contributed by atoms with Crippen LogP contribution in [0.2, 0.25) is 0 Å². The van der Waals surface area contributed by atoms with Crippen LogP contribution in [0.4, 0.5) is 0 Å². The zero-order valence-electron chi connectivity index (χ0n) is 21.6. The fourth-order valence-electron chi connectivity index (χ4n) is 6.87. The lowest BCUT2D eigenvalue weighted by Crippen LogP contribution is -2.44. The fourth-order valence-corrected chi connectivity index (χ4v) is 6.87. The van der Waals surface area contributed by atoms with Crippen molar-refractivity contribution >= 4 is 0 Å². The van der Waals surface area contributed by atoms with Gasteiger partial charge in [0.2, 0.25) is 0 Å². The summed E-state index contributed by atoms with van der Waals surface area (Å²) >= 11 is 0. The number of hydrogen-bond donors (Lipinski definition) is 1. The molecule has 0 aromatic rings. The maximum Gasteiger partial charge on any atom is 0.0578 e. The average molecular weight is 427 g/mol. The van der Waals surface area contributed by atoms with Gasteiger partial charge in [-0.2, -0.15) is 0 Å². The summed E-state index contributed by atoms with van der Waals surface area (Å²) in [6.45, 7) is 16.8. The number of rotatable bonds is 5. The number of fused-ring (bicyclic) bond motifs is 1. The lowest BCUT2D eigenvalue weighted by molar-refractivity contribution is 0.0122. The molecule has 3 rings (SSSR count). The van der Waals surface area contributed by atoms with Crippen LogP contribution < -0.4 is 0 Å². The normalized spacial score (nSPS) is 38.5. The van der Waals surface area contributed by atoms with Gasteiger partial charge in [-0.05, 0) is 91.8 Å². The van der Waals surface area contributed by atoms with E-state index in [1.54, 1.807) is 5.57 Å². The molecule has 0 bridgehead atoms. The van der Waals surface area contributed by atoms with Gasteiger partial charge in [-0.25, -0.2) is 0 Å². The van der Waals surface area contributed by atoms with Gasteiger partial charge in [-0.3, -0.25) is 0 Å². The summed E-state index contributed by atoms with van der Waals surface area (Å²) in [5.74, 6) is 3.59. The van der Waals surface area contributed by atoms with E-state index < -0.39 is 0 Å². The molecule has 3 aliphatic rings. The molecule has 0 aliphatic heterocycles. The van der Waals surface area contributed by atoms with E-state index in [0.29, 0.717) is 17.3 Å². The van der Waals surface area contributed by atoms with Crippen LogP contribution in [0.15, 0.2) is 35.5 Å². The molecule has 0 saturated heterocycles. The predicted molar refractivity (Wildman–Crippen MR) is 135 cm³/mol. The highest BCUT2D eigenvalue weighted by Crippen LogP contribution is 2.57. The molecule has 176 valence electrons. The predicted octanol–water partition coefficient (Wildman–Crippen LogP) is 8.50. The number of aliphatic hydroxyl groups excluding tert-OH is 1. The molecule has 0 aromatic carbocycles. The third kappa shape index (κ3) is 5.58. The second-order valence-electron chi connectivity index (χ2n) is 12.5. The van der Waals surface area contributed by atoms with E-state index in [4.69, 9.17) is 0 Å². The molecule has 3 fully saturated rings. The number of allylic oxidation sites excluding steroid dienone is 5. The lowest BCUT2D eigenvalue weighted by atomic mass is 9.51. The van der Waals surface area contributed by atoms with Crippen molar-refractivity contribution in [1.82, 2.24) is 0 Å².